The van der Waals surface area contributed by atoms with Gasteiger partial charge in [0.05, 0.1) is 0 Å². The smallest absolute Gasteiger partial charge is 0.134 e. The fraction of sp³-hybridized carbons (Fsp3) is 0.714. The minimum absolute atomic E-state index is 0.593. The molecule has 100 valence electrons. The molecule has 1 atom stereocenters. The van der Waals surface area contributed by atoms with E-state index in [1.807, 2.05) is 6.07 Å². The number of hydrogen-bond donors (Lipinski definition) is 1. The Morgan fingerprint density at radius 1 is 1.28 bits per heavy atom. The van der Waals surface area contributed by atoms with E-state index in [0.29, 0.717) is 11.9 Å². The molecule has 4 nitrogen and oxygen atoms in total. The van der Waals surface area contributed by atoms with Gasteiger partial charge in [0.1, 0.15) is 17.5 Å². The van der Waals surface area contributed by atoms with Crippen molar-refractivity contribution in [2.45, 2.75) is 58.4 Å². The molecule has 1 aliphatic rings. The van der Waals surface area contributed by atoms with Crippen LogP contribution in [0, 0.1) is 0 Å². The number of rotatable bonds is 3. The third-order valence-electron chi connectivity index (χ3n) is 3.74. The summed E-state index contributed by atoms with van der Waals surface area (Å²) >= 11 is 0. The molecule has 0 aliphatic carbocycles. The molecule has 0 radical (unpaired) electrons. The van der Waals surface area contributed by atoms with Crippen molar-refractivity contribution in [1.82, 2.24) is 9.97 Å². The largest absolute Gasteiger partial charge is 0.384 e. The molecular weight excluding hydrogens is 224 g/mol. The molecule has 0 bridgehead atoms. The van der Waals surface area contributed by atoms with E-state index in [2.05, 4.69) is 28.7 Å². The van der Waals surface area contributed by atoms with Crippen molar-refractivity contribution in [3.05, 3.63) is 11.9 Å². The van der Waals surface area contributed by atoms with Gasteiger partial charge in [-0.25, -0.2) is 9.97 Å². The summed E-state index contributed by atoms with van der Waals surface area (Å²) in [5.74, 6) is 2.47. The molecule has 1 aliphatic heterocycles. The number of hydrogen-bond acceptors (Lipinski definition) is 4. The first-order chi connectivity index (χ1) is 8.74. The zero-order chi connectivity index (χ0) is 13.0. The van der Waals surface area contributed by atoms with Crippen LogP contribution in [0.15, 0.2) is 6.07 Å². The van der Waals surface area contributed by atoms with Gasteiger partial charge in [0.25, 0.3) is 0 Å². The van der Waals surface area contributed by atoms with Crippen molar-refractivity contribution in [2.24, 2.45) is 0 Å². The zero-order valence-electron chi connectivity index (χ0n) is 11.5. The van der Waals surface area contributed by atoms with Crippen LogP contribution in [-0.2, 0) is 6.42 Å². The van der Waals surface area contributed by atoms with Crippen molar-refractivity contribution in [1.29, 1.82) is 0 Å². The molecule has 2 N–H and O–H groups in total. The number of anilines is 2. The number of aromatic nitrogens is 2. The Morgan fingerprint density at radius 3 is 2.83 bits per heavy atom. The predicted octanol–water partition coefficient (Wildman–Crippen LogP) is 2.78. The zero-order valence-corrected chi connectivity index (χ0v) is 11.5. The van der Waals surface area contributed by atoms with Gasteiger partial charge in [-0.3, -0.25) is 0 Å². The predicted molar refractivity (Wildman–Crippen MR) is 75.7 cm³/mol. The Morgan fingerprint density at radius 2 is 2.11 bits per heavy atom. The molecule has 1 fully saturated rings. The Balaban J connectivity index is 2.29. The normalized spacial score (nSPS) is 20.8. The number of nitrogens with two attached hydrogens (primary N) is 1. The maximum atomic E-state index is 5.89. The highest BCUT2D eigenvalue weighted by molar-refractivity contribution is 5.48. The maximum absolute atomic E-state index is 5.89. The van der Waals surface area contributed by atoms with E-state index in [0.717, 1.165) is 24.6 Å². The summed E-state index contributed by atoms with van der Waals surface area (Å²) in [7, 11) is 0. The first kappa shape index (κ1) is 13.1. The molecule has 1 aromatic rings. The first-order valence-electron chi connectivity index (χ1n) is 7.14. The number of nitrogens with zero attached hydrogens (tertiary/aromatic N) is 3. The summed E-state index contributed by atoms with van der Waals surface area (Å²) in [5.41, 5.74) is 5.89. The molecule has 2 heterocycles. The Hall–Kier alpha value is -1.32. The van der Waals surface area contributed by atoms with Crippen LogP contribution in [0.1, 0.15) is 51.8 Å². The van der Waals surface area contributed by atoms with E-state index in [4.69, 9.17) is 5.73 Å². The molecule has 1 unspecified atom stereocenters. The highest BCUT2D eigenvalue weighted by atomic mass is 15.2. The molecule has 0 aromatic carbocycles. The second kappa shape index (κ2) is 6.03. The third-order valence-corrected chi connectivity index (χ3v) is 3.74. The summed E-state index contributed by atoms with van der Waals surface area (Å²) in [6, 6.07) is 2.53. The molecule has 2 rings (SSSR count). The van der Waals surface area contributed by atoms with Crippen LogP contribution in [0.5, 0.6) is 0 Å². The highest BCUT2D eigenvalue weighted by Crippen LogP contribution is 2.25. The minimum atomic E-state index is 0.593. The average Bonchev–Trinajstić information content (AvgIpc) is 2.62. The van der Waals surface area contributed by atoms with Gasteiger partial charge in [-0.05, 0) is 19.3 Å². The van der Waals surface area contributed by atoms with Crippen LogP contribution in [0.3, 0.4) is 0 Å². The van der Waals surface area contributed by atoms with Crippen LogP contribution in [-0.4, -0.2) is 22.6 Å². The molecule has 0 amide bonds. The molecule has 0 saturated carbocycles. The SMILES string of the molecule is CCc1nc(N)cc(N2CCCCCC2CC)n1. The van der Waals surface area contributed by atoms with Gasteiger partial charge in [-0.15, -0.1) is 0 Å². The molecule has 1 aromatic heterocycles. The average molecular weight is 248 g/mol. The van der Waals surface area contributed by atoms with Gasteiger partial charge < -0.3 is 10.6 Å². The van der Waals surface area contributed by atoms with E-state index in [1.54, 1.807) is 0 Å². The first-order valence-corrected chi connectivity index (χ1v) is 7.14. The van der Waals surface area contributed by atoms with Crippen molar-refractivity contribution in [2.75, 3.05) is 17.2 Å². The van der Waals surface area contributed by atoms with E-state index in [9.17, 15) is 0 Å². The molecule has 4 heteroatoms. The van der Waals surface area contributed by atoms with E-state index < -0.39 is 0 Å². The Kier molecular flexibility index (Phi) is 4.39. The fourth-order valence-corrected chi connectivity index (χ4v) is 2.71. The Bertz CT molecular complexity index is 391. The van der Waals surface area contributed by atoms with Crippen molar-refractivity contribution in [3.8, 4) is 0 Å². The van der Waals surface area contributed by atoms with Gasteiger partial charge in [0.2, 0.25) is 0 Å². The van der Waals surface area contributed by atoms with Crippen LogP contribution in [0.2, 0.25) is 0 Å². The lowest BCUT2D eigenvalue weighted by molar-refractivity contribution is 0.551. The summed E-state index contributed by atoms with van der Waals surface area (Å²) in [6.07, 6.45) is 7.18. The molecule has 1 saturated heterocycles. The van der Waals surface area contributed by atoms with Gasteiger partial charge in [-0.1, -0.05) is 26.7 Å². The van der Waals surface area contributed by atoms with Gasteiger partial charge in [-0.2, -0.15) is 0 Å². The maximum Gasteiger partial charge on any atom is 0.134 e. The van der Waals surface area contributed by atoms with Crippen LogP contribution in [0.4, 0.5) is 11.6 Å². The topological polar surface area (TPSA) is 55.0 Å². The van der Waals surface area contributed by atoms with E-state index in [-0.39, 0.29) is 0 Å². The standard InChI is InChI=1S/C14H24N4/c1-3-11-8-6-5-7-9-18(11)14-10-12(15)16-13(4-2)17-14/h10-11H,3-9H2,1-2H3,(H2,15,16,17). The third kappa shape index (κ3) is 2.92. The lowest BCUT2D eigenvalue weighted by Crippen LogP contribution is -2.35. The second-order valence-electron chi connectivity index (χ2n) is 5.03. The van der Waals surface area contributed by atoms with Crippen LogP contribution < -0.4 is 10.6 Å². The summed E-state index contributed by atoms with van der Waals surface area (Å²) in [4.78, 5) is 11.3. The molecular formula is C14H24N4. The minimum Gasteiger partial charge on any atom is -0.384 e. The fourth-order valence-electron chi connectivity index (χ4n) is 2.71. The van der Waals surface area contributed by atoms with Gasteiger partial charge in [0, 0.05) is 25.1 Å². The van der Waals surface area contributed by atoms with Gasteiger partial charge >= 0.3 is 0 Å². The molecule has 0 spiro atoms. The highest BCUT2D eigenvalue weighted by Gasteiger charge is 2.21. The van der Waals surface area contributed by atoms with E-state index >= 15 is 0 Å². The van der Waals surface area contributed by atoms with Crippen LogP contribution >= 0.6 is 0 Å². The number of aryl methyl sites for hydroxylation is 1. The van der Waals surface area contributed by atoms with Crippen molar-refractivity contribution < 1.29 is 0 Å². The van der Waals surface area contributed by atoms with Gasteiger partial charge in [0.15, 0.2) is 0 Å². The lowest BCUT2D eigenvalue weighted by Gasteiger charge is -2.30. The van der Waals surface area contributed by atoms with Crippen molar-refractivity contribution >= 4 is 11.6 Å². The second-order valence-corrected chi connectivity index (χ2v) is 5.03. The Labute approximate surface area is 110 Å². The summed E-state index contributed by atoms with van der Waals surface area (Å²) < 4.78 is 0. The quantitative estimate of drug-likeness (QED) is 0.893. The lowest BCUT2D eigenvalue weighted by atomic mass is 10.1. The monoisotopic (exact) mass is 248 g/mol. The number of nitrogen functional groups attached to an aromatic ring is 1. The van der Waals surface area contributed by atoms with Crippen LogP contribution in [0.25, 0.3) is 0 Å². The molecule has 18 heavy (non-hydrogen) atoms. The summed E-state index contributed by atoms with van der Waals surface area (Å²) in [5, 5.41) is 0. The van der Waals surface area contributed by atoms with Crippen molar-refractivity contribution in [3.63, 3.8) is 0 Å². The van der Waals surface area contributed by atoms with E-state index in [1.165, 1.54) is 32.1 Å². The summed E-state index contributed by atoms with van der Waals surface area (Å²) in [6.45, 7) is 5.42.